The molecule has 15 heavy (non-hydrogen) atoms. The smallest absolute Gasteiger partial charge is 0.150 e. The lowest BCUT2D eigenvalue weighted by Crippen LogP contribution is -2.16. The van der Waals surface area contributed by atoms with Crippen LogP contribution >= 0.6 is 0 Å². The lowest BCUT2D eigenvalue weighted by Gasteiger charge is -2.20. The summed E-state index contributed by atoms with van der Waals surface area (Å²) in [7, 11) is 0. The zero-order valence-corrected chi connectivity index (χ0v) is 8.78. The van der Waals surface area contributed by atoms with E-state index in [4.69, 9.17) is 0 Å². The van der Waals surface area contributed by atoms with Gasteiger partial charge in [0.05, 0.1) is 0 Å². The molecule has 1 aliphatic rings. The molecule has 2 heteroatoms. The van der Waals surface area contributed by atoms with Gasteiger partial charge in [0, 0.05) is 24.4 Å². The number of carbonyl (C=O) groups is 1. The van der Waals surface area contributed by atoms with E-state index in [0.717, 1.165) is 30.6 Å². The predicted molar refractivity (Wildman–Crippen MR) is 61.7 cm³/mol. The molecule has 0 aliphatic carbocycles. The maximum Gasteiger partial charge on any atom is 0.150 e. The summed E-state index contributed by atoms with van der Waals surface area (Å²) in [6, 6.07) is 7.60. The van der Waals surface area contributed by atoms with Crippen molar-refractivity contribution in [3.8, 4) is 0 Å². The van der Waals surface area contributed by atoms with Crippen LogP contribution in [-0.2, 0) is 0 Å². The van der Waals surface area contributed by atoms with Crippen LogP contribution in [0.2, 0.25) is 0 Å². The van der Waals surface area contributed by atoms with Crippen LogP contribution in [0.25, 0.3) is 5.70 Å². The quantitative estimate of drug-likeness (QED) is 0.700. The Balaban J connectivity index is 2.14. The first-order valence-corrected chi connectivity index (χ1v) is 5.31. The Hall–Kier alpha value is -1.57. The number of aldehydes is 1. The van der Waals surface area contributed by atoms with Gasteiger partial charge in [0.1, 0.15) is 6.29 Å². The molecule has 2 nitrogen and oxygen atoms in total. The maximum absolute atomic E-state index is 10.5. The molecule has 0 aromatic heterocycles. The van der Waals surface area contributed by atoms with Crippen LogP contribution in [0.4, 0.5) is 0 Å². The first kappa shape index (κ1) is 9.97. The molecule has 0 radical (unpaired) electrons. The Labute approximate surface area is 90.2 Å². The van der Waals surface area contributed by atoms with E-state index >= 15 is 0 Å². The standard InChI is InChI=1S/C13H15NO/c1-11(14-8-2-3-9-14)13-6-4-12(10-15)5-7-13/h4-7,10H,1-3,8-9H2. The zero-order valence-electron chi connectivity index (χ0n) is 8.78. The van der Waals surface area contributed by atoms with Crippen LogP contribution in [0.5, 0.6) is 0 Å². The van der Waals surface area contributed by atoms with Gasteiger partial charge in [-0.25, -0.2) is 0 Å². The topological polar surface area (TPSA) is 20.3 Å². The van der Waals surface area contributed by atoms with Crippen molar-refractivity contribution in [3.63, 3.8) is 0 Å². The molecule has 0 bridgehead atoms. The highest BCUT2D eigenvalue weighted by molar-refractivity contribution is 5.76. The van der Waals surface area contributed by atoms with Crippen molar-refractivity contribution < 1.29 is 4.79 Å². The molecule has 0 amide bonds. The molecule has 0 N–H and O–H groups in total. The lowest BCUT2D eigenvalue weighted by atomic mass is 10.1. The van der Waals surface area contributed by atoms with E-state index in [1.807, 2.05) is 24.3 Å². The van der Waals surface area contributed by atoms with E-state index in [-0.39, 0.29) is 0 Å². The Morgan fingerprint density at radius 2 is 1.80 bits per heavy atom. The fourth-order valence-electron chi connectivity index (χ4n) is 1.92. The molecule has 2 rings (SSSR count). The van der Waals surface area contributed by atoms with Gasteiger partial charge in [0.25, 0.3) is 0 Å². The van der Waals surface area contributed by atoms with Gasteiger partial charge in [-0.3, -0.25) is 4.79 Å². The molecular formula is C13H15NO. The number of benzene rings is 1. The molecule has 1 heterocycles. The normalized spacial score (nSPS) is 15.3. The van der Waals surface area contributed by atoms with Gasteiger partial charge in [-0.1, -0.05) is 30.8 Å². The fourth-order valence-corrected chi connectivity index (χ4v) is 1.92. The molecular weight excluding hydrogens is 186 g/mol. The van der Waals surface area contributed by atoms with Crippen molar-refractivity contribution in [2.75, 3.05) is 13.1 Å². The average Bonchev–Trinajstić information content (AvgIpc) is 2.82. The highest BCUT2D eigenvalue weighted by Crippen LogP contribution is 2.22. The second kappa shape index (κ2) is 4.30. The first-order chi connectivity index (χ1) is 7.31. The molecule has 1 aromatic carbocycles. The van der Waals surface area contributed by atoms with Crippen LogP contribution in [0.1, 0.15) is 28.8 Å². The monoisotopic (exact) mass is 201 g/mol. The molecule has 1 saturated heterocycles. The first-order valence-electron chi connectivity index (χ1n) is 5.31. The maximum atomic E-state index is 10.5. The third kappa shape index (κ3) is 2.09. The summed E-state index contributed by atoms with van der Waals surface area (Å²) < 4.78 is 0. The zero-order chi connectivity index (χ0) is 10.7. The molecule has 1 aliphatic heterocycles. The third-order valence-corrected chi connectivity index (χ3v) is 2.87. The van der Waals surface area contributed by atoms with E-state index in [1.54, 1.807) is 0 Å². The third-order valence-electron chi connectivity index (χ3n) is 2.87. The van der Waals surface area contributed by atoms with Crippen LogP contribution < -0.4 is 0 Å². The molecule has 1 aromatic rings. The number of nitrogens with zero attached hydrogens (tertiary/aromatic N) is 1. The summed E-state index contributed by atoms with van der Waals surface area (Å²) in [5, 5.41) is 0. The summed E-state index contributed by atoms with van der Waals surface area (Å²) in [4.78, 5) is 12.8. The molecule has 0 unspecified atom stereocenters. The fraction of sp³-hybridized carbons (Fsp3) is 0.308. The molecule has 0 saturated carbocycles. The summed E-state index contributed by atoms with van der Waals surface area (Å²) in [6.07, 6.45) is 3.37. The van der Waals surface area contributed by atoms with E-state index in [2.05, 4.69) is 11.5 Å². The second-order valence-corrected chi connectivity index (χ2v) is 3.88. The Bertz CT molecular complexity index is 361. The minimum absolute atomic E-state index is 0.716. The summed E-state index contributed by atoms with van der Waals surface area (Å²) in [5.74, 6) is 0. The van der Waals surface area contributed by atoms with Gasteiger partial charge < -0.3 is 4.90 Å². The van der Waals surface area contributed by atoms with Gasteiger partial charge in [-0.15, -0.1) is 0 Å². The number of likely N-dealkylation sites (tertiary alicyclic amines) is 1. The SMILES string of the molecule is C=C(c1ccc(C=O)cc1)N1CCCC1. The van der Waals surface area contributed by atoms with Crippen molar-refractivity contribution in [3.05, 3.63) is 42.0 Å². The van der Waals surface area contributed by atoms with Crippen molar-refractivity contribution in [1.82, 2.24) is 4.90 Å². The van der Waals surface area contributed by atoms with Crippen molar-refractivity contribution in [1.29, 1.82) is 0 Å². The van der Waals surface area contributed by atoms with Gasteiger partial charge in [0.2, 0.25) is 0 Å². The van der Waals surface area contributed by atoms with Crippen LogP contribution in [0.3, 0.4) is 0 Å². The number of hydrogen-bond acceptors (Lipinski definition) is 2. The van der Waals surface area contributed by atoms with Crippen molar-refractivity contribution in [2.24, 2.45) is 0 Å². The van der Waals surface area contributed by atoms with Gasteiger partial charge >= 0.3 is 0 Å². The Kier molecular flexibility index (Phi) is 2.86. The molecule has 78 valence electrons. The number of carbonyl (C=O) groups excluding carboxylic acids is 1. The largest absolute Gasteiger partial charge is 0.372 e. The van der Waals surface area contributed by atoms with E-state index < -0.39 is 0 Å². The highest BCUT2D eigenvalue weighted by Gasteiger charge is 2.14. The summed E-state index contributed by atoms with van der Waals surface area (Å²) >= 11 is 0. The van der Waals surface area contributed by atoms with Crippen molar-refractivity contribution in [2.45, 2.75) is 12.8 Å². The van der Waals surface area contributed by atoms with Crippen LogP contribution in [0, 0.1) is 0 Å². The Morgan fingerprint density at radius 1 is 1.20 bits per heavy atom. The van der Waals surface area contributed by atoms with E-state index in [9.17, 15) is 4.79 Å². The minimum atomic E-state index is 0.716. The van der Waals surface area contributed by atoms with Crippen LogP contribution in [-0.4, -0.2) is 24.3 Å². The number of hydrogen-bond donors (Lipinski definition) is 0. The second-order valence-electron chi connectivity index (χ2n) is 3.88. The van der Waals surface area contributed by atoms with Gasteiger partial charge in [-0.2, -0.15) is 0 Å². The number of rotatable bonds is 3. The summed E-state index contributed by atoms with van der Waals surface area (Å²) in [6.45, 7) is 6.31. The Morgan fingerprint density at radius 3 is 2.33 bits per heavy atom. The van der Waals surface area contributed by atoms with Gasteiger partial charge in [-0.05, 0) is 18.4 Å². The summed E-state index contributed by atoms with van der Waals surface area (Å²) in [5.41, 5.74) is 2.90. The molecule has 0 spiro atoms. The van der Waals surface area contributed by atoms with E-state index in [1.165, 1.54) is 12.8 Å². The predicted octanol–water partition coefficient (Wildman–Crippen LogP) is 2.57. The molecule has 0 atom stereocenters. The lowest BCUT2D eigenvalue weighted by molar-refractivity contribution is 0.112. The minimum Gasteiger partial charge on any atom is -0.372 e. The molecule has 1 fully saturated rings. The van der Waals surface area contributed by atoms with Crippen LogP contribution in [0.15, 0.2) is 30.8 Å². The van der Waals surface area contributed by atoms with Crippen molar-refractivity contribution >= 4 is 12.0 Å². The van der Waals surface area contributed by atoms with E-state index in [0.29, 0.717) is 5.56 Å². The van der Waals surface area contributed by atoms with Gasteiger partial charge in [0.15, 0.2) is 0 Å². The highest BCUT2D eigenvalue weighted by atomic mass is 16.1. The average molecular weight is 201 g/mol.